The summed E-state index contributed by atoms with van der Waals surface area (Å²) in [5.74, 6) is -0.847. The van der Waals surface area contributed by atoms with Crippen molar-refractivity contribution >= 4 is 23.3 Å². The molecule has 0 saturated heterocycles. The van der Waals surface area contributed by atoms with Crippen LogP contribution in [0.5, 0.6) is 0 Å². The number of hydrogen-bond acceptors (Lipinski definition) is 4. The van der Waals surface area contributed by atoms with Gasteiger partial charge in [0.25, 0.3) is 0 Å². The molecule has 0 spiro atoms. The standard InChI is InChI=1S/C20H18N2O4/c23-16-10-12(17-7-4-8-26-17)9-15-19(16)14(11-18(24)22-15)20(25)21-13-5-2-1-3-6-13/h1-8,12,14H,9-11H2,(H,21,25)(H,22,24)/t12-,14-/m1/s1. The Morgan fingerprint density at radius 2 is 1.85 bits per heavy atom. The summed E-state index contributed by atoms with van der Waals surface area (Å²) in [6, 6.07) is 12.6. The van der Waals surface area contributed by atoms with E-state index in [1.807, 2.05) is 24.3 Å². The number of anilines is 1. The van der Waals surface area contributed by atoms with Crippen LogP contribution in [-0.2, 0) is 14.4 Å². The normalized spacial score (nSPS) is 22.6. The maximum Gasteiger partial charge on any atom is 0.232 e. The van der Waals surface area contributed by atoms with Gasteiger partial charge >= 0.3 is 0 Å². The van der Waals surface area contributed by atoms with Crippen LogP contribution < -0.4 is 10.6 Å². The quantitative estimate of drug-likeness (QED) is 0.891. The molecular weight excluding hydrogens is 332 g/mol. The Labute approximate surface area is 150 Å². The summed E-state index contributed by atoms with van der Waals surface area (Å²) in [4.78, 5) is 37.6. The molecule has 2 atom stereocenters. The predicted octanol–water partition coefficient (Wildman–Crippen LogP) is 2.76. The zero-order chi connectivity index (χ0) is 18.1. The summed E-state index contributed by atoms with van der Waals surface area (Å²) in [5, 5.41) is 5.59. The monoisotopic (exact) mass is 350 g/mol. The largest absolute Gasteiger partial charge is 0.469 e. The number of para-hydroxylation sites is 1. The highest BCUT2D eigenvalue weighted by molar-refractivity contribution is 6.09. The molecule has 0 fully saturated rings. The fourth-order valence-electron chi connectivity index (χ4n) is 3.66. The molecule has 0 unspecified atom stereocenters. The molecular formula is C20H18N2O4. The van der Waals surface area contributed by atoms with Gasteiger partial charge in [0.05, 0.1) is 12.2 Å². The lowest BCUT2D eigenvalue weighted by Gasteiger charge is -2.32. The van der Waals surface area contributed by atoms with E-state index < -0.39 is 5.92 Å². The van der Waals surface area contributed by atoms with Gasteiger partial charge in [-0.25, -0.2) is 0 Å². The number of furan rings is 1. The number of nitrogens with one attached hydrogen (secondary N) is 2. The van der Waals surface area contributed by atoms with Crippen molar-refractivity contribution in [1.29, 1.82) is 0 Å². The SMILES string of the molecule is O=C1C[C@@H](C(=O)Nc2ccccc2)C2=C(C[C@@H](c3ccco3)CC2=O)N1. The number of ketones is 1. The van der Waals surface area contributed by atoms with Gasteiger partial charge in [-0.1, -0.05) is 18.2 Å². The van der Waals surface area contributed by atoms with Crippen LogP contribution in [0.1, 0.15) is 30.9 Å². The Balaban J connectivity index is 1.61. The average molecular weight is 350 g/mol. The fourth-order valence-corrected chi connectivity index (χ4v) is 3.66. The topological polar surface area (TPSA) is 88.4 Å². The first-order valence-corrected chi connectivity index (χ1v) is 8.57. The van der Waals surface area contributed by atoms with Crippen LogP contribution in [0.4, 0.5) is 5.69 Å². The van der Waals surface area contributed by atoms with Crippen LogP contribution in [0, 0.1) is 5.92 Å². The third-order valence-electron chi connectivity index (χ3n) is 4.84. The van der Waals surface area contributed by atoms with Crippen LogP contribution >= 0.6 is 0 Å². The van der Waals surface area contributed by atoms with Gasteiger partial charge in [0.15, 0.2) is 5.78 Å². The van der Waals surface area contributed by atoms with Gasteiger partial charge < -0.3 is 15.1 Å². The van der Waals surface area contributed by atoms with Crippen molar-refractivity contribution in [3.8, 4) is 0 Å². The van der Waals surface area contributed by atoms with E-state index in [4.69, 9.17) is 4.42 Å². The molecule has 2 aliphatic rings. The molecule has 132 valence electrons. The predicted molar refractivity (Wildman–Crippen MR) is 94.0 cm³/mol. The van der Waals surface area contributed by atoms with Crippen molar-refractivity contribution < 1.29 is 18.8 Å². The molecule has 6 heteroatoms. The molecule has 1 aromatic carbocycles. The van der Waals surface area contributed by atoms with Crippen molar-refractivity contribution in [1.82, 2.24) is 5.32 Å². The molecule has 4 rings (SSSR count). The highest BCUT2D eigenvalue weighted by atomic mass is 16.3. The first-order valence-electron chi connectivity index (χ1n) is 8.57. The van der Waals surface area contributed by atoms with Crippen LogP contribution in [0.15, 0.2) is 64.4 Å². The molecule has 2 N–H and O–H groups in total. The lowest BCUT2D eigenvalue weighted by Crippen LogP contribution is -2.43. The second-order valence-corrected chi connectivity index (χ2v) is 6.60. The highest BCUT2D eigenvalue weighted by Crippen LogP contribution is 2.39. The molecule has 6 nitrogen and oxygen atoms in total. The smallest absolute Gasteiger partial charge is 0.232 e. The van der Waals surface area contributed by atoms with Gasteiger partial charge in [0.1, 0.15) is 5.76 Å². The number of rotatable bonds is 3. The Morgan fingerprint density at radius 1 is 1.04 bits per heavy atom. The van der Waals surface area contributed by atoms with E-state index in [0.717, 1.165) is 5.76 Å². The molecule has 0 bridgehead atoms. The molecule has 2 heterocycles. The zero-order valence-electron chi connectivity index (χ0n) is 14.0. The van der Waals surface area contributed by atoms with E-state index in [9.17, 15) is 14.4 Å². The van der Waals surface area contributed by atoms with E-state index in [0.29, 0.717) is 23.4 Å². The molecule has 0 saturated carbocycles. The number of amides is 2. The minimum absolute atomic E-state index is 0.0192. The summed E-state index contributed by atoms with van der Waals surface area (Å²) < 4.78 is 5.41. The zero-order valence-corrected chi connectivity index (χ0v) is 14.0. The second-order valence-electron chi connectivity index (χ2n) is 6.60. The number of benzene rings is 1. The summed E-state index contributed by atoms with van der Waals surface area (Å²) in [6.07, 6.45) is 2.31. The van der Waals surface area contributed by atoms with Crippen LogP contribution in [0.2, 0.25) is 0 Å². The average Bonchev–Trinajstić information content (AvgIpc) is 3.16. The Kier molecular flexibility index (Phi) is 4.16. The number of carbonyl (C=O) groups is 3. The van der Waals surface area contributed by atoms with E-state index in [1.165, 1.54) is 0 Å². The lowest BCUT2D eigenvalue weighted by atomic mass is 9.76. The third kappa shape index (κ3) is 3.06. The third-order valence-corrected chi connectivity index (χ3v) is 4.84. The van der Waals surface area contributed by atoms with Gasteiger partial charge in [-0.15, -0.1) is 0 Å². The molecule has 1 aliphatic heterocycles. The van der Waals surface area contributed by atoms with Crippen molar-refractivity contribution in [3.05, 3.63) is 65.8 Å². The van der Waals surface area contributed by atoms with E-state index >= 15 is 0 Å². The van der Waals surface area contributed by atoms with Crippen molar-refractivity contribution in [3.63, 3.8) is 0 Å². The first kappa shape index (κ1) is 16.3. The molecule has 0 radical (unpaired) electrons. The van der Waals surface area contributed by atoms with Crippen LogP contribution in [0.25, 0.3) is 0 Å². The van der Waals surface area contributed by atoms with Gasteiger partial charge in [-0.3, -0.25) is 14.4 Å². The molecule has 2 amide bonds. The fraction of sp³-hybridized carbons (Fsp3) is 0.250. The van der Waals surface area contributed by atoms with Crippen molar-refractivity contribution in [2.45, 2.75) is 25.2 Å². The number of allylic oxidation sites excluding steroid dienone is 1. The summed E-state index contributed by atoms with van der Waals surface area (Å²) >= 11 is 0. The summed E-state index contributed by atoms with van der Waals surface area (Å²) in [7, 11) is 0. The van der Waals surface area contributed by atoms with Crippen molar-refractivity contribution in [2.24, 2.45) is 5.92 Å². The van der Waals surface area contributed by atoms with Gasteiger partial charge in [-0.2, -0.15) is 0 Å². The van der Waals surface area contributed by atoms with Gasteiger partial charge in [-0.05, 0) is 30.7 Å². The highest BCUT2D eigenvalue weighted by Gasteiger charge is 2.41. The van der Waals surface area contributed by atoms with E-state index in [2.05, 4.69) is 10.6 Å². The Hall–Kier alpha value is -3.15. The number of Topliss-reactive ketones (excluding diaryl/α,β-unsaturated/α-hetero) is 1. The Bertz CT molecular complexity index is 884. The molecule has 1 aromatic heterocycles. The van der Waals surface area contributed by atoms with Gasteiger partial charge in [0.2, 0.25) is 11.8 Å². The maximum absolute atomic E-state index is 12.8. The Morgan fingerprint density at radius 3 is 2.58 bits per heavy atom. The van der Waals surface area contributed by atoms with Crippen LogP contribution in [-0.4, -0.2) is 17.6 Å². The summed E-state index contributed by atoms with van der Waals surface area (Å²) in [5.41, 5.74) is 1.62. The van der Waals surface area contributed by atoms with Gasteiger partial charge in [0, 0.05) is 35.7 Å². The van der Waals surface area contributed by atoms with E-state index in [-0.39, 0.29) is 36.4 Å². The number of carbonyl (C=O) groups excluding carboxylic acids is 3. The maximum atomic E-state index is 12.8. The van der Waals surface area contributed by atoms with E-state index in [1.54, 1.807) is 24.5 Å². The van der Waals surface area contributed by atoms with Crippen LogP contribution in [0.3, 0.4) is 0 Å². The minimum atomic E-state index is -0.760. The lowest BCUT2D eigenvalue weighted by molar-refractivity contribution is -0.129. The first-order chi connectivity index (χ1) is 12.6. The second kappa shape index (κ2) is 6.63. The number of hydrogen-bond donors (Lipinski definition) is 2. The minimum Gasteiger partial charge on any atom is -0.469 e. The summed E-state index contributed by atoms with van der Waals surface area (Å²) in [6.45, 7) is 0. The molecule has 1 aliphatic carbocycles. The van der Waals surface area contributed by atoms with Crippen molar-refractivity contribution in [2.75, 3.05) is 5.32 Å². The molecule has 2 aromatic rings. The molecule has 26 heavy (non-hydrogen) atoms.